The van der Waals surface area contributed by atoms with Crippen LogP contribution in [0.15, 0.2) is 58.1 Å². The first-order valence-corrected chi connectivity index (χ1v) is 8.36. The Balaban J connectivity index is 2.06. The van der Waals surface area contributed by atoms with E-state index in [1.54, 1.807) is 6.07 Å². The highest BCUT2D eigenvalue weighted by molar-refractivity contribution is 5.47. The van der Waals surface area contributed by atoms with E-state index in [-0.39, 0.29) is 18.9 Å². The van der Waals surface area contributed by atoms with Gasteiger partial charge in [-0.15, -0.1) is 0 Å². The van der Waals surface area contributed by atoms with E-state index in [9.17, 15) is 9.59 Å². The molecule has 134 valence electrons. The summed E-state index contributed by atoms with van der Waals surface area (Å²) >= 11 is 0. The predicted molar refractivity (Wildman–Crippen MR) is 104 cm³/mol. The van der Waals surface area contributed by atoms with Gasteiger partial charge < -0.3 is 11.5 Å². The number of hydrogen-bond acceptors (Lipinski definition) is 4. The monoisotopic (exact) mass is 350 g/mol. The quantitative estimate of drug-likeness (QED) is 0.702. The topological polar surface area (TPSA) is 96.0 Å². The first kappa shape index (κ1) is 17.5. The molecule has 1 aromatic heterocycles. The first-order valence-electron chi connectivity index (χ1n) is 8.36. The molecule has 1 heterocycles. The standard InChI is InChI=1S/C20H22N4O2/c1-13-7-14(2)9-15(8-13)11-24-19(25)10-18(22)23(20(24)26)12-16-5-3-4-6-17(16)21/h3-10H,11-12,21-22H2,1-2H3. The SMILES string of the molecule is Cc1cc(C)cc(Cn2c(=O)cc(N)n(Cc3ccccc3N)c2=O)c1. The molecule has 4 N–H and O–H groups in total. The highest BCUT2D eigenvalue weighted by atomic mass is 16.2. The maximum Gasteiger partial charge on any atom is 0.333 e. The third-order valence-electron chi connectivity index (χ3n) is 4.32. The van der Waals surface area contributed by atoms with Crippen LogP contribution in [-0.2, 0) is 13.1 Å². The van der Waals surface area contributed by atoms with Crippen molar-refractivity contribution in [1.82, 2.24) is 9.13 Å². The number of benzene rings is 2. The van der Waals surface area contributed by atoms with E-state index < -0.39 is 11.2 Å². The summed E-state index contributed by atoms with van der Waals surface area (Å²) in [6.45, 7) is 4.38. The maximum atomic E-state index is 12.9. The smallest absolute Gasteiger partial charge is 0.333 e. The number of hydrogen-bond donors (Lipinski definition) is 2. The number of aryl methyl sites for hydroxylation is 2. The molecule has 0 amide bonds. The van der Waals surface area contributed by atoms with Gasteiger partial charge in [0.1, 0.15) is 5.82 Å². The average molecular weight is 350 g/mol. The van der Waals surface area contributed by atoms with Gasteiger partial charge >= 0.3 is 5.69 Å². The number of nitrogens with two attached hydrogens (primary N) is 2. The minimum atomic E-state index is -0.447. The summed E-state index contributed by atoms with van der Waals surface area (Å²) in [6, 6.07) is 14.5. The fourth-order valence-corrected chi connectivity index (χ4v) is 3.13. The van der Waals surface area contributed by atoms with E-state index in [0.29, 0.717) is 5.69 Å². The molecule has 2 aromatic carbocycles. The van der Waals surface area contributed by atoms with E-state index in [2.05, 4.69) is 0 Å². The van der Waals surface area contributed by atoms with Crippen LogP contribution in [0.1, 0.15) is 22.3 Å². The molecule has 0 radical (unpaired) electrons. The molecule has 0 saturated carbocycles. The first-order chi connectivity index (χ1) is 12.3. The Morgan fingerprint density at radius 1 is 0.846 bits per heavy atom. The zero-order valence-electron chi connectivity index (χ0n) is 14.9. The normalized spacial score (nSPS) is 10.8. The molecule has 0 spiro atoms. The van der Waals surface area contributed by atoms with Crippen molar-refractivity contribution in [1.29, 1.82) is 0 Å². The maximum absolute atomic E-state index is 12.9. The van der Waals surface area contributed by atoms with Crippen LogP contribution in [0.25, 0.3) is 0 Å². The molecule has 26 heavy (non-hydrogen) atoms. The van der Waals surface area contributed by atoms with E-state index >= 15 is 0 Å². The van der Waals surface area contributed by atoms with Gasteiger partial charge in [0.05, 0.1) is 13.1 Å². The van der Waals surface area contributed by atoms with E-state index in [4.69, 9.17) is 11.5 Å². The summed E-state index contributed by atoms with van der Waals surface area (Å²) in [4.78, 5) is 25.3. The highest BCUT2D eigenvalue weighted by Crippen LogP contribution is 2.13. The van der Waals surface area contributed by atoms with E-state index in [1.165, 1.54) is 15.2 Å². The second kappa shape index (κ2) is 6.92. The molecule has 0 unspecified atom stereocenters. The van der Waals surface area contributed by atoms with Crippen molar-refractivity contribution in [3.63, 3.8) is 0 Å². The number of nitrogens with zero attached hydrogens (tertiary/aromatic N) is 2. The lowest BCUT2D eigenvalue weighted by Crippen LogP contribution is -2.41. The number of rotatable bonds is 4. The van der Waals surface area contributed by atoms with Crippen LogP contribution in [-0.4, -0.2) is 9.13 Å². The molecule has 0 aliphatic carbocycles. The molecule has 0 bridgehead atoms. The zero-order valence-corrected chi connectivity index (χ0v) is 14.9. The van der Waals surface area contributed by atoms with Gasteiger partial charge in [-0.2, -0.15) is 0 Å². The lowest BCUT2D eigenvalue weighted by Gasteiger charge is -2.14. The Kier molecular flexibility index (Phi) is 4.67. The van der Waals surface area contributed by atoms with Crippen LogP contribution < -0.4 is 22.7 Å². The molecule has 0 fully saturated rings. The summed E-state index contributed by atoms with van der Waals surface area (Å²) in [7, 11) is 0. The van der Waals surface area contributed by atoms with Gasteiger partial charge in [0, 0.05) is 11.8 Å². The van der Waals surface area contributed by atoms with Gasteiger partial charge in [-0.1, -0.05) is 47.5 Å². The van der Waals surface area contributed by atoms with Crippen molar-refractivity contribution >= 4 is 11.5 Å². The molecular weight excluding hydrogens is 328 g/mol. The Morgan fingerprint density at radius 2 is 1.50 bits per heavy atom. The summed E-state index contributed by atoms with van der Waals surface area (Å²) in [5.74, 6) is 0.125. The van der Waals surface area contributed by atoms with Gasteiger partial charge in [-0.3, -0.25) is 13.9 Å². The van der Waals surface area contributed by atoms with Crippen LogP contribution in [0.3, 0.4) is 0 Å². The minimum Gasteiger partial charge on any atom is -0.398 e. The summed E-state index contributed by atoms with van der Waals surface area (Å²) in [6.07, 6.45) is 0. The van der Waals surface area contributed by atoms with Crippen molar-refractivity contribution in [2.24, 2.45) is 0 Å². The molecular formula is C20H22N4O2. The van der Waals surface area contributed by atoms with Gasteiger partial charge in [0.25, 0.3) is 5.56 Å². The van der Waals surface area contributed by atoms with Gasteiger partial charge in [-0.25, -0.2) is 4.79 Å². The van der Waals surface area contributed by atoms with E-state index in [1.807, 2.05) is 50.2 Å². The second-order valence-corrected chi connectivity index (χ2v) is 6.56. The lowest BCUT2D eigenvalue weighted by atomic mass is 10.1. The lowest BCUT2D eigenvalue weighted by molar-refractivity contribution is 0.619. The molecule has 0 aliphatic heterocycles. The van der Waals surface area contributed by atoms with Crippen molar-refractivity contribution in [3.05, 3.63) is 91.6 Å². The molecule has 0 atom stereocenters. The van der Waals surface area contributed by atoms with Gasteiger partial charge in [0.15, 0.2) is 0 Å². The highest BCUT2D eigenvalue weighted by Gasteiger charge is 2.12. The van der Waals surface area contributed by atoms with Gasteiger partial charge in [0.2, 0.25) is 0 Å². The summed E-state index contributed by atoms with van der Waals surface area (Å²) < 4.78 is 2.57. The average Bonchev–Trinajstić information content (AvgIpc) is 2.56. The second-order valence-electron chi connectivity index (χ2n) is 6.56. The van der Waals surface area contributed by atoms with Crippen molar-refractivity contribution in [2.45, 2.75) is 26.9 Å². The van der Waals surface area contributed by atoms with Crippen molar-refractivity contribution < 1.29 is 0 Å². The van der Waals surface area contributed by atoms with Crippen LogP contribution in [0.4, 0.5) is 11.5 Å². The fourth-order valence-electron chi connectivity index (χ4n) is 3.13. The van der Waals surface area contributed by atoms with Crippen molar-refractivity contribution in [3.8, 4) is 0 Å². The molecule has 0 saturated heterocycles. The molecule has 3 rings (SSSR count). The molecule has 6 heteroatoms. The summed E-state index contributed by atoms with van der Waals surface area (Å²) in [5, 5.41) is 0. The Bertz CT molecular complexity index is 1060. The van der Waals surface area contributed by atoms with Crippen LogP contribution in [0, 0.1) is 13.8 Å². The van der Waals surface area contributed by atoms with Crippen LogP contribution in [0.2, 0.25) is 0 Å². The summed E-state index contributed by atoms with van der Waals surface area (Å²) in [5.41, 5.74) is 15.5. The number of nitrogen functional groups attached to an aromatic ring is 2. The number of para-hydroxylation sites is 1. The fraction of sp³-hybridized carbons (Fsp3) is 0.200. The Hall–Kier alpha value is -3.28. The number of anilines is 2. The van der Waals surface area contributed by atoms with Crippen LogP contribution >= 0.6 is 0 Å². The number of aromatic nitrogens is 2. The van der Waals surface area contributed by atoms with Gasteiger partial charge in [-0.05, 0) is 31.0 Å². The third-order valence-corrected chi connectivity index (χ3v) is 4.32. The van der Waals surface area contributed by atoms with Crippen molar-refractivity contribution in [2.75, 3.05) is 11.5 Å². The molecule has 6 nitrogen and oxygen atoms in total. The van der Waals surface area contributed by atoms with E-state index in [0.717, 1.165) is 22.3 Å². The molecule has 0 aliphatic rings. The minimum absolute atomic E-state index is 0.125. The Morgan fingerprint density at radius 3 is 2.15 bits per heavy atom. The molecule has 3 aromatic rings. The van der Waals surface area contributed by atoms with Crippen LogP contribution in [0.5, 0.6) is 0 Å². The predicted octanol–water partition coefficient (Wildman–Crippen LogP) is 1.89. The third kappa shape index (κ3) is 3.54. The zero-order chi connectivity index (χ0) is 18.8. The largest absolute Gasteiger partial charge is 0.398 e. The Labute approximate surface area is 151 Å².